The zero-order valence-electron chi connectivity index (χ0n) is 27.1. The van der Waals surface area contributed by atoms with E-state index in [2.05, 4.69) is 21.9 Å². The molecule has 2 aromatic heterocycles. The summed E-state index contributed by atoms with van der Waals surface area (Å²) in [7, 11) is -2.67. The second-order valence-corrected chi connectivity index (χ2v) is 12.8. The molecule has 0 aliphatic rings. The van der Waals surface area contributed by atoms with Gasteiger partial charge in [0.2, 0.25) is 0 Å². The van der Waals surface area contributed by atoms with Crippen LogP contribution in [-0.2, 0) is 29.8 Å². The minimum Gasteiger partial charge on any atom is -0.777 e. The summed E-state index contributed by atoms with van der Waals surface area (Å²) < 4.78 is 35.5. The van der Waals surface area contributed by atoms with E-state index in [0.717, 1.165) is 12.8 Å². The number of hydrogen-bond donors (Lipinski definition) is 1. The van der Waals surface area contributed by atoms with Gasteiger partial charge in [-0.25, -0.2) is 15.0 Å². The molecule has 1 unspecified atom stereocenters. The van der Waals surface area contributed by atoms with E-state index in [-0.39, 0.29) is 61.7 Å². The Bertz CT molecular complexity index is 1000. The van der Waals surface area contributed by atoms with Crippen molar-refractivity contribution in [3.63, 3.8) is 0 Å². The summed E-state index contributed by atoms with van der Waals surface area (Å²) in [6.45, 7) is 3.55. The first-order valence-corrected chi connectivity index (χ1v) is 17.7. The number of nitrogens with two attached hydrogens (primary N) is 1. The molecule has 0 aromatic carbocycles. The molecule has 0 fully saturated rings. The van der Waals surface area contributed by atoms with Gasteiger partial charge in [-0.05, 0) is 6.42 Å². The molecular formula is C30H55N5NaO6P. The van der Waals surface area contributed by atoms with Gasteiger partial charge in [0.25, 0.3) is 0 Å². The van der Waals surface area contributed by atoms with Crippen molar-refractivity contribution in [2.75, 3.05) is 45.6 Å². The molecule has 2 N–H and O–H groups in total. The van der Waals surface area contributed by atoms with Gasteiger partial charge < -0.3 is 38.5 Å². The van der Waals surface area contributed by atoms with E-state index < -0.39 is 20.0 Å². The molecule has 2 atom stereocenters. The van der Waals surface area contributed by atoms with Gasteiger partial charge >= 0.3 is 29.6 Å². The summed E-state index contributed by atoms with van der Waals surface area (Å²) in [5.41, 5.74) is 6.85. The summed E-state index contributed by atoms with van der Waals surface area (Å²) in [6, 6.07) is 0. The van der Waals surface area contributed by atoms with Crippen molar-refractivity contribution < 1.29 is 57.8 Å². The van der Waals surface area contributed by atoms with Crippen molar-refractivity contribution in [3.05, 3.63) is 12.7 Å². The number of nitrogens with zero attached hydrogens (tertiary/aromatic N) is 4. The fourth-order valence-corrected chi connectivity index (χ4v) is 5.74. The number of unbranched alkanes of at least 4 members (excludes halogenated alkanes) is 15. The van der Waals surface area contributed by atoms with Gasteiger partial charge in [-0.2, -0.15) is 0 Å². The van der Waals surface area contributed by atoms with Crippen LogP contribution in [0.25, 0.3) is 11.2 Å². The molecule has 0 spiro atoms. The van der Waals surface area contributed by atoms with Crippen LogP contribution < -0.4 is 40.2 Å². The molecule has 0 amide bonds. The number of fused-ring (bicyclic) bond motifs is 1. The van der Waals surface area contributed by atoms with E-state index in [4.69, 9.17) is 24.5 Å². The first-order chi connectivity index (χ1) is 20.5. The largest absolute Gasteiger partial charge is 1.00 e. The number of methoxy groups -OCH3 is 1. The summed E-state index contributed by atoms with van der Waals surface area (Å²) in [5, 5.41) is 0. The quantitative estimate of drug-likeness (QED) is 0.0840. The van der Waals surface area contributed by atoms with Gasteiger partial charge in [0.1, 0.15) is 18.2 Å². The van der Waals surface area contributed by atoms with Crippen molar-refractivity contribution in [2.45, 2.75) is 122 Å². The van der Waals surface area contributed by atoms with E-state index in [0.29, 0.717) is 17.8 Å². The number of imidazole rings is 1. The molecule has 2 heterocycles. The van der Waals surface area contributed by atoms with Crippen LogP contribution in [0.15, 0.2) is 12.7 Å². The van der Waals surface area contributed by atoms with Gasteiger partial charge in [-0.15, -0.1) is 0 Å². The first kappa shape index (κ1) is 40.4. The maximum Gasteiger partial charge on any atom is 1.00 e. The molecule has 2 aromatic rings. The molecular weight excluding hydrogens is 580 g/mol. The van der Waals surface area contributed by atoms with Crippen LogP contribution in [0.1, 0.15) is 110 Å². The normalized spacial score (nSPS) is 13.7. The molecule has 43 heavy (non-hydrogen) atoms. The standard InChI is InChI=1S/C30H56N5O6P.Na/c1-3-4-5-6-7-8-9-10-11-12-13-14-15-16-17-18-19-39-20-21-41-42(36,37)26-40-27(23-38-2)22-35-25-34-28-29(31)32-24-33-30(28)35;/h24-25,27H,3-23,26H2,1-2H3,(H,36,37)(H2,31,32,33);/q;+1/p-1/t27-;/m0./s1. The van der Waals surface area contributed by atoms with Crippen LogP contribution in [0, 0.1) is 0 Å². The van der Waals surface area contributed by atoms with E-state index >= 15 is 0 Å². The van der Waals surface area contributed by atoms with Crippen LogP contribution in [-0.4, -0.2) is 65.5 Å². The van der Waals surface area contributed by atoms with Crippen LogP contribution in [0.2, 0.25) is 0 Å². The third kappa shape index (κ3) is 18.8. The van der Waals surface area contributed by atoms with Gasteiger partial charge in [-0.1, -0.05) is 103 Å². The molecule has 2 rings (SSSR count). The minimum atomic E-state index is -4.19. The van der Waals surface area contributed by atoms with Crippen molar-refractivity contribution in [2.24, 2.45) is 0 Å². The molecule has 242 valence electrons. The first-order valence-electron chi connectivity index (χ1n) is 16.0. The Morgan fingerprint density at radius 1 is 0.860 bits per heavy atom. The molecule has 0 radical (unpaired) electrons. The minimum absolute atomic E-state index is 0. The number of nitrogen functional groups attached to an aromatic ring is 1. The fraction of sp³-hybridized carbons (Fsp3) is 0.833. The monoisotopic (exact) mass is 635 g/mol. The molecule has 0 saturated heterocycles. The zero-order valence-corrected chi connectivity index (χ0v) is 29.9. The predicted molar refractivity (Wildman–Crippen MR) is 165 cm³/mol. The Morgan fingerprint density at radius 3 is 2.02 bits per heavy atom. The van der Waals surface area contributed by atoms with Gasteiger partial charge in [0.15, 0.2) is 19.1 Å². The van der Waals surface area contributed by atoms with Crippen molar-refractivity contribution in [3.8, 4) is 0 Å². The average molecular weight is 636 g/mol. The second-order valence-electron chi connectivity index (χ2n) is 11.1. The van der Waals surface area contributed by atoms with Crippen LogP contribution in [0.5, 0.6) is 0 Å². The second kappa shape index (κ2) is 25.6. The van der Waals surface area contributed by atoms with E-state index in [1.165, 1.54) is 103 Å². The molecule has 0 bridgehead atoms. The van der Waals surface area contributed by atoms with E-state index in [1.807, 2.05) is 0 Å². The Balaban J connectivity index is 0.00000924. The van der Waals surface area contributed by atoms with E-state index in [1.54, 1.807) is 10.9 Å². The molecule has 13 heteroatoms. The number of hydrogen-bond acceptors (Lipinski definition) is 10. The summed E-state index contributed by atoms with van der Waals surface area (Å²) in [5.74, 6) is 0.275. The number of aromatic nitrogens is 4. The van der Waals surface area contributed by atoms with Crippen molar-refractivity contribution >= 4 is 24.6 Å². The van der Waals surface area contributed by atoms with Crippen LogP contribution >= 0.6 is 7.60 Å². The molecule has 11 nitrogen and oxygen atoms in total. The van der Waals surface area contributed by atoms with Crippen LogP contribution in [0.4, 0.5) is 5.82 Å². The maximum absolute atomic E-state index is 12.3. The Kier molecular flexibility index (Phi) is 24.0. The molecule has 0 aliphatic heterocycles. The van der Waals surface area contributed by atoms with Gasteiger partial charge in [-0.3, -0.25) is 0 Å². The third-order valence-electron chi connectivity index (χ3n) is 7.31. The topological polar surface area (TPSA) is 147 Å². The molecule has 0 saturated carbocycles. The average Bonchev–Trinajstić information content (AvgIpc) is 3.39. The summed E-state index contributed by atoms with van der Waals surface area (Å²) >= 11 is 0. The third-order valence-corrected chi connectivity index (χ3v) is 8.35. The SMILES string of the molecule is CCCCCCCCCCCCCCCCCCOCCOP(=O)([O-])CO[C@H](COC)Cn1cnc2c(N)ncnc21.[Na+]. The number of rotatable bonds is 28. The fourth-order valence-electron chi connectivity index (χ4n) is 4.91. The number of anilines is 1. The van der Waals surface area contributed by atoms with Crippen molar-refractivity contribution in [1.29, 1.82) is 0 Å². The zero-order chi connectivity index (χ0) is 30.3. The molecule has 0 aliphatic carbocycles. The van der Waals surface area contributed by atoms with Crippen LogP contribution in [0.3, 0.4) is 0 Å². The van der Waals surface area contributed by atoms with Gasteiger partial charge in [0.05, 0.1) is 38.8 Å². The maximum atomic E-state index is 12.3. The smallest absolute Gasteiger partial charge is 0.777 e. The van der Waals surface area contributed by atoms with Crippen molar-refractivity contribution in [1.82, 2.24) is 19.5 Å². The van der Waals surface area contributed by atoms with Gasteiger partial charge in [0, 0.05) is 13.7 Å². The Labute approximate surface area is 281 Å². The Hall–Kier alpha value is -0.620. The summed E-state index contributed by atoms with van der Waals surface area (Å²) in [6.07, 6.45) is 23.0. The Morgan fingerprint density at radius 2 is 1.44 bits per heavy atom. The van der Waals surface area contributed by atoms with E-state index in [9.17, 15) is 9.46 Å². The number of ether oxygens (including phenoxy) is 3. The summed E-state index contributed by atoms with van der Waals surface area (Å²) in [4.78, 5) is 24.7. The predicted octanol–water partition coefficient (Wildman–Crippen LogP) is 3.25.